The summed E-state index contributed by atoms with van der Waals surface area (Å²) in [6, 6.07) is 0. The summed E-state index contributed by atoms with van der Waals surface area (Å²) in [7, 11) is 0. The Kier molecular flexibility index (Phi) is 3.24. The largest absolute Gasteiger partial charge is 0.481 e. The first-order valence-corrected chi connectivity index (χ1v) is 6.27. The average Bonchev–Trinajstić information content (AvgIpc) is 2.78. The van der Waals surface area contributed by atoms with Crippen molar-refractivity contribution in [2.45, 2.75) is 33.6 Å². The predicted octanol–water partition coefficient (Wildman–Crippen LogP) is 1.78. The van der Waals surface area contributed by atoms with Gasteiger partial charge in [0.25, 0.3) is 0 Å². The molecule has 1 N–H and O–H groups in total. The Balaban J connectivity index is 2.22. The molecule has 1 atom stereocenters. The van der Waals surface area contributed by atoms with Gasteiger partial charge in [0.1, 0.15) is 5.82 Å². The van der Waals surface area contributed by atoms with E-state index in [0.29, 0.717) is 19.4 Å². The summed E-state index contributed by atoms with van der Waals surface area (Å²) >= 11 is 0. The van der Waals surface area contributed by atoms with Gasteiger partial charge < -0.3 is 10.0 Å². The second-order valence-electron chi connectivity index (χ2n) is 5.01. The maximum Gasteiger partial charge on any atom is 0.311 e. The molecule has 0 aliphatic carbocycles. The molecule has 0 radical (unpaired) electrons. The highest BCUT2D eigenvalue weighted by Crippen LogP contribution is 2.35. The first-order chi connectivity index (χ1) is 8.48. The van der Waals surface area contributed by atoms with Crippen LogP contribution >= 0.6 is 0 Å². The summed E-state index contributed by atoms with van der Waals surface area (Å²) in [5, 5.41) is 9.36. The first-order valence-electron chi connectivity index (χ1n) is 6.27. The Morgan fingerprint density at radius 3 is 2.72 bits per heavy atom. The highest BCUT2D eigenvalue weighted by molar-refractivity contribution is 5.76. The zero-order chi connectivity index (χ0) is 13.3. The topological polar surface area (TPSA) is 66.3 Å². The van der Waals surface area contributed by atoms with Crippen LogP contribution in [0.5, 0.6) is 0 Å². The summed E-state index contributed by atoms with van der Waals surface area (Å²) in [6.07, 6.45) is 3.06. The molecule has 1 fully saturated rings. The maximum absolute atomic E-state index is 11.4. The number of hydrogen-bond donors (Lipinski definition) is 1. The van der Waals surface area contributed by atoms with Crippen LogP contribution in [-0.4, -0.2) is 34.1 Å². The van der Waals surface area contributed by atoms with E-state index >= 15 is 0 Å². The van der Waals surface area contributed by atoms with Crippen molar-refractivity contribution in [2.75, 3.05) is 18.0 Å². The van der Waals surface area contributed by atoms with E-state index < -0.39 is 11.4 Å². The molecule has 5 nitrogen and oxygen atoms in total. The molecular weight excluding hydrogens is 230 g/mol. The van der Waals surface area contributed by atoms with E-state index in [1.807, 2.05) is 25.7 Å². The van der Waals surface area contributed by atoms with Crippen molar-refractivity contribution in [3.8, 4) is 0 Å². The molecule has 1 aromatic rings. The van der Waals surface area contributed by atoms with Gasteiger partial charge in [-0.25, -0.2) is 4.98 Å². The molecule has 2 heterocycles. The molecule has 2 rings (SSSR count). The van der Waals surface area contributed by atoms with E-state index in [9.17, 15) is 9.90 Å². The second-order valence-corrected chi connectivity index (χ2v) is 5.01. The molecule has 98 valence electrons. The molecule has 0 saturated carbocycles. The van der Waals surface area contributed by atoms with Crippen LogP contribution in [-0.2, 0) is 4.79 Å². The predicted molar refractivity (Wildman–Crippen MR) is 68.7 cm³/mol. The van der Waals surface area contributed by atoms with Crippen LogP contribution in [0.15, 0.2) is 6.20 Å². The van der Waals surface area contributed by atoms with Gasteiger partial charge in [0.15, 0.2) is 0 Å². The fourth-order valence-electron chi connectivity index (χ4n) is 2.36. The number of rotatable bonds is 3. The number of hydrogen-bond acceptors (Lipinski definition) is 4. The minimum Gasteiger partial charge on any atom is -0.481 e. The second kappa shape index (κ2) is 4.55. The monoisotopic (exact) mass is 249 g/mol. The van der Waals surface area contributed by atoms with Crippen molar-refractivity contribution < 1.29 is 9.90 Å². The van der Waals surface area contributed by atoms with E-state index in [0.717, 1.165) is 23.8 Å². The zero-order valence-electron chi connectivity index (χ0n) is 11.1. The number of nitrogens with zero attached hydrogens (tertiary/aromatic N) is 3. The van der Waals surface area contributed by atoms with Gasteiger partial charge in [0, 0.05) is 13.1 Å². The Morgan fingerprint density at radius 2 is 2.22 bits per heavy atom. The van der Waals surface area contributed by atoms with Gasteiger partial charge >= 0.3 is 5.97 Å². The Morgan fingerprint density at radius 1 is 1.50 bits per heavy atom. The highest BCUT2D eigenvalue weighted by Gasteiger charge is 2.43. The van der Waals surface area contributed by atoms with E-state index in [1.54, 1.807) is 6.20 Å². The minimum absolute atomic E-state index is 0.524. The van der Waals surface area contributed by atoms with E-state index in [4.69, 9.17) is 0 Å². The Hall–Kier alpha value is -1.65. The van der Waals surface area contributed by atoms with Gasteiger partial charge in [-0.3, -0.25) is 9.78 Å². The quantitative estimate of drug-likeness (QED) is 0.884. The number of carboxylic acid groups (broad SMARTS) is 1. The van der Waals surface area contributed by atoms with Crippen molar-refractivity contribution in [1.29, 1.82) is 0 Å². The van der Waals surface area contributed by atoms with Crippen LogP contribution in [0.4, 0.5) is 5.82 Å². The molecular formula is C13H19N3O2. The smallest absolute Gasteiger partial charge is 0.311 e. The number of aliphatic carboxylic acids is 1. The fraction of sp³-hybridized carbons (Fsp3) is 0.615. The molecule has 0 aromatic carbocycles. The number of carboxylic acids is 1. The lowest BCUT2D eigenvalue weighted by Gasteiger charge is -2.23. The normalized spacial score (nSPS) is 23.4. The SMILES string of the molecule is CCC1(C(=O)O)CCN(c2cnc(C)c(C)n2)C1. The third kappa shape index (κ3) is 2.05. The van der Waals surface area contributed by atoms with Crippen molar-refractivity contribution in [2.24, 2.45) is 5.41 Å². The van der Waals surface area contributed by atoms with Crippen LogP contribution in [0.2, 0.25) is 0 Å². The lowest BCUT2D eigenvalue weighted by Crippen LogP contribution is -2.34. The molecule has 1 unspecified atom stereocenters. The van der Waals surface area contributed by atoms with E-state index in [1.165, 1.54) is 0 Å². The van der Waals surface area contributed by atoms with Crippen LogP contribution in [0.3, 0.4) is 0 Å². The molecule has 1 aliphatic heterocycles. The fourth-order valence-corrected chi connectivity index (χ4v) is 2.36. The molecule has 0 amide bonds. The highest BCUT2D eigenvalue weighted by atomic mass is 16.4. The minimum atomic E-state index is -0.704. The molecule has 1 aromatic heterocycles. The lowest BCUT2D eigenvalue weighted by atomic mass is 9.84. The number of carbonyl (C=O) groups is 1. The van der Waals surface area contributed by atoms with Crippen molar-refractivity contribution in [1.82, 2.24) is 9.97 Å². The Labute approximate surface area is 107 Å². The number of anilines is 1. The maximum atomic E-state index is 11.4. The number of aromatic nitrogens is 2. The van der Waals surface area contributed by atoms with Crippen molar-refractivity contribution >= 4 is 11.8 Å². The third-order valence-electron chi connectivity index (χ3n) is 3.99. The lowest BCUT2D eigenvalue weighted by molar-refractivity contribution is -0.147. The van der Waals surface area contributed by atoms with Gasteiger partial charge in [0.2, 0.25) is 0 Å². The Bertz CT molecular complexity index is 475. The third-order valence-corrected chi connectivity index (χ3v) is 3.99. The van der Waals surface area contributed by atoms with Crippen LogP contribution in [0.25, 0.3) is 0 Å². The standard InChI is InChI=1S/C13H19N3O2/c1-4-13(12(17)18)5-6-16(8-13)11-7-14-9(2)10(3)15-11/h7H,4-6,8H2,1-3H3,(H,17,18). The summed E-state index contributed by atoms with van der Waals surface area (Å²) in [4.78, 5) is 22.2. The van der Waals surface area contributed by atoms with Crippen molar-refractivity contribution in [3.05, 3.63) is 17.6 Å². The van der Waals surface area contributed by atoms with Gasteiger partial charge in [-0.2, -0.15) is 0 Å². The van der Waals surface area contributed by atoms with E-state index in [2.05, 4.69) is 9.97 Å². The van der Waals surface area contributed by atoms with Crippen molar-refractivity contribution in [3.63, 3.8) is 0 Å². The number of aryl methyl sites for hydroxylation is 2. The summed E-state index contributed by atoms with van der Waals surface area (Å²) in [5.74, 6) is 0.0824. The van der Waals surface area contributed by atoms with Gasteiger partial charge in [-0.05, 0) is 26.7 Å². The molecule has 18 heavy (non-hydrogen) atoms. The van der Waals surface area contributed by atoms with E-state index in [-0.39, 0.29) is 0 Å². The summed E-state index contributed by atoms with van der Waals surface area (Å²) in [6.45, 7) is 7.03. The average molecular weight is 249 g/mol. The molecule has 1 saturated heterocycles. The van der Waals surface area contributed by atoms with Crippen LogP contribution in [0, 0.1) is 19.3 Å². The van der Waals surface area contributed by atoms with Gasteiger partial charge in [0.05, 0.1) is 23.0 Å². The molecule has 0 bridgehead atoms. The van der Waals surface area contributed by atoms with Gasteiger partial charge in [-0.1, -0.05) is 6.92 Å². The zero-order valence-corrected chi connectivity index (χ0v) is 11.1. The van der Waals surface area contributed by atoms with Crippen LogP contribution in [0.1, 0.15) is 31.2 Å². The summed E-state index contributed by atoms with van der Waals surface area (Å²) in [5.41, 5.74) is 1.19. The molecule has 0 spiro atoms. The molecule has 5 heteroatoms. The van der Waals surface area contributed by atoms with Gasteiger partial charge in [-0.15, -0.1) is 0 Å². The summed E-state index contributed by atoms with van der Waals surface area (Å²) < 4.78 is 0. The molecule has 1 aliphatic rings. The first kappa shape index (κ1) is 12.8. The van der Waals surface area contributed by atoms with Crippen LogP contribution < -0.4 is 4.90 Å².